The summed E-state index contributed by atoms with van der Waals surface area (Å²) >= 11 is 6.26. The number of piperidine rings is 1. The summed E-state index contributed by atoms with van der Waals surface area (Å²) in [7, 11) is 3.67. The highest BCUT2D eigenvalue weighted by Crippen LogP contribution is 2.31. The minimum atomic E-state index is -0.0591. The zero-order valence-corrected chi connectivity index (χ0v) is 17.7. The van der Waals surface area contributed by atoms with Crippen molar-refractivity contribution in [3.63, 3.8) is 0 Å². The average Bonchev–Trinajstić information content (AvgIpc) is 3.03. The Balaban J connectivity index is 1.73. The van der Waals surface area contributed by atoms with Gasteiger partial charge in [-0.3, -0.25) is 9.48 Å². The van der Waals surface area contributed by atoms with Crippen molar-refractivity contribution in [1.82, 2.24) is 19.7 Å². The molecule has 3 rings (SSSR count). The van der Waals surface area contributed by atoms with Crippen molar-refractivity contribution in [3.8, 4) is 6.07 Å². The lowest BCUT2D eigenvalue weighted by molar-refractivity contribution is 0.0702. The third-order valence-electron chi connectivity index (χ3n) is 5.60. The molecule has 0 unspecified atom stereocenters. The van der Waals surface area contributed by atoms with E-state index in [0.717, 1.165) is 42.9 Å². The Kier molecular flexibility index (Phi) is 5.61. The third kappa shape index (κ3) is 3.57. The smallest absolute Gasteiger partial charge is 0.274 e. The van der Waals surface area contributed by atoms with Crippen molar-refractivity contribution >= 4 is 23.3 Å². The largest absolute Gasteiger partial charge is 0.355 e. The van der Waals surface area contributed by atoms with Crippen LogP contribution >= 0.6 is 11.6 Å². The van der Waals surface area contributed by atoms with E-state index in [1.807, 2.05) is 40.9 Å². The molecule has 1 fully saturated rings. The summed E-state index contributed by atoms with van der Waals surface area (Å²) in [5.41, 5.74) is 3.46. The zero-order valence-electron chi connectivity index (χ0n) is 17.0. The quantitative estimate of drug-likeness (QED) is 0.791. The van der Waals surface area contributed by atoms with E-state index in [4.69, 9.17) is 11.6 Å². The van der Waals surface area contributed by atoms with Gasteiger partial charge in [0.05, 0.1) is 16.3 Å². The van der Waals surface area contributed by atoms with Gasteiger partial charge in [-0.05, 0) is 45.2 Å². The molecule has 0 atom stereocenters. The third-order valence-corrected chi connectivity index (χ3v) is 6.15. The van der Waals surface area contributed by atoms with Crippen LogP contribution in [0.5, 0.6) is 0 Å². The summed E-state index contributed by atoms with van der Waals surface area (Å²) in [6.07, 6.45) is 1.61. The van der Waals surface area contributed by atoms with E-state index in [1.165, 1.54) is 0 Å². The monoisotopic (exact) mass is 400 g/mol. The minimum Gasteiger partial charge on any atom is -0.355 e. The van der Waals surface area contributed by atoms with Crippen molar-refractivity contribution < 1.29 is 4.79 Å². The van der Waals surface area contributed by atoms with Crippen LogP contribution < -0.4 is 4.90 Å². The van der Waals surface area contributed by atoms with Gasteiger partial charge in [-0.25, -0.2) is 4.98 Å². The van der Waals surface area contributed by atoms with E-state index >= 15 is 0 Å². The van der Waals surface area contributed by atoms with Crippen LogP contribution in [0, 0.1) is 32.1 Å². The van der Waals surface area contributed by atoms with E-state index in [0.29, 0.717) is 22.1 Å². The fourth-order valence-electron chi connectivity index (χ4n) is 3.65. The number of hydrogen-bond donors (Lipinski definition) is 0. The number of hydrogen-bond acceptors (Lipinski definition) is 5. The van der Waals surface area contributed by atoms with Crippen LogP contribution in [0.2, 0.25) is 5.02 Å². The molecule has 148 valence electrons. The first-order chi connectivity index (χ1) is 13.2. The van der Waals surface area contributed by atoms with E-state index in [9.17, 15) is 10.1 Å². The molecular formula is C20H25ClN6O. The highest BCUT2D eigenvalue weighted by molar-refractivity contribution is 6.32. The topological polar surface area (TPSA) is 78.1 Å². The number of carbonyl (C=O) groups excluding carboxylic acids is 1. The van der Waals surface area contributed by atoms with Gasteiger partial charge in [-0.2, -0.15) is 10.4 Å². The molecule has 8 heteroatoms. The Morgan fingerprint density at radius 2 is 1.96 bits per heavy atom. The molecule has 0 saturated carbocycles. The highest BCUT2D eigenvalue weighted by atomic mass is 35.5. The van der Waals surface area contributed by atoms with Crippen LogP contribution in [-0.2, 0) is 7.05 Å². The number of anilines is 1. The van der Waals surface area contributed by atoms with Crippen molar-refractivity contribution in [3.05, 3.63) is 39.3 Å². The number of aromatic nitrogens is 3. The van der Waals surface area contributed by atoms with E-state index in [1.54, 1.807) is 9.58 Å². The molecule has 0 aliphatic carbocycles. The molecule has 3 heterocycles. The Hall–Kier alpha value is -2.59. The summed E-state index contributed by atoms with van der Waals surface area (Å²) in [5, 5.41) is 14.4. The molecule has 0 radical (unpaired) electrons. The zero-order chi connectivity index (χ0) is 20.6. The molecule has 2 aromatic heterocycles. The molecule has 1 saturated heterocycles. The van der Waals surface area contributed by atoms with Crippen LogP contribution in [0.4, 0.5) is 5.82 Å². The molecule has 7 nitrogen and oxygen atoms in total. The molecule has 1 amide bonds. The highest BCUT2D eigenvalue weighted by Gasteiger charge is 2.29. The van der Waals surface area contributed by atoms with Gasteiger partial charge in [-0.1, -0.05) is 11.6 Å². The van der Waals surface area contributed by atoms with Crippen LogP contribution in [0.15, 0.2) is 6.07 Å². The first-order valence-corrected chi connectivity index (χ1v) is 9.72. The second-order valence-electron chi connectivity index (χ2n) is 7.38. The average molecular weight is 401 g/mol. The van der Waals surface area contributed by atoms with E-state index < -0.39 is 0 Å². The van der Waals surface area contributed by atoms with Gasteiger partial charge < -0.3 is 9.80 Å². The van der Waals surface area contributed by atoms with Crippen LogP contribution in [0.3, 0.4) is 0 Å². The maximum atomic E-state index is 12.8. The van der Waals surface area contributed by atoms with Crippen molar-refractivity contribution in [2.75, 3.05) is 25.0 Å². The standard InChI is InChI=1S/C20H25ClN6O/c1-12-10-17(24-26(12)5)20(28)25(4)15-6-8-27(9-7-15)19-16(11-22)13(2)18(21)14(3)23-19/h10,15H,6-9H2,1-5H3. The molecule has 0 aromatic carbocycles. The van der Waals surface area contributed by atoms with E-state index in [-0.39, 0.29) is 11.9 Å². The Bertz CT molecular complexity index is 933. The van der Waals surface area contributed by atoms with Crippen LogP contribution in [-0.4, -0.2) is 51.8 Å². The summed E-state index contributed by atoms with van der Waals surface area (Å²) in [5.74, 6) is 0.630. The summed E-state index contributed by atoms with van der Waals surface area (Å²) < 4.78 is 1.71. The molecule has 28 heavy (non-hydrogen) atoms. The molecule has 0 N–H and O–H groups in total. The molecule has 2 aromatic rings. The lowest BCUT2D eigenvalue weighted by Gasteiger charge is -2.37. The minimum absolute atomic E-state index is 0.0591. The molecule has 0 bridgehead atoms. The number of nitrogens with zero attached hydrogens (tertiary/aromatic N) is 6. The summed E-state index contributed by atoms with van der Waals surface area (Å²) in [6, 6.07) is 4.19. The fourth-order valence-corrected chi connectivity index (χ4v) is 3.79. The lowest BCUT2D eigenvalue weighted by atomic mass is 10.0. The van der Waals surface area contributed by atoms with Crippen LogP contribution in [0.1, 0.15) is 45.8 Å². The van der Waals surface area contributed by atoms with Gasteiger partial charge in [-0.15, -0.1) is 0 Å². The second-order valence-corrected chi connectivity index (χ2v) is 7.75. The normalized spacial score (nSPS) is 14.8. The summed E-state index contributed by atoms with van der Waals surface area (Å²) in [4.78, 5) is 21.2. The van der Waals surface area contributed by atoms with Crippen LogP contribution in [0.25, 0.3) is 0 Å². The van der Waals surface area contributed by atoms with Gasteiger partial charge >= 0.3 is 0 Å². The number of pyridine rings is 1. The van der Waals surface area contributed by atoms with Crippen molar-refractivity contribution in [1.29, 1.82) is 5.26 Å². The SMILES string of the molecule is Cc1nc(N2CCC(N(C)C(=O)c3cc(C)n(C)n3)CC2)c(C#N)c(C)c1Cl. The number of aryl methyl sites for hydroxylation is 3. The predicted octanol–water partition coefficient (Wildman–Crippen LogP) is 3.01. The Labute approximate surface area is 170 Å². The maximum Gasteiger partial charge on any atom is 0.274 e. The fraction of sp³-hybridized carbons (Fsp3) is 0.500. The van der Waals surface area contributed by atoms with Crippen molar-refractivity contribution in [2.24, 2.45) is 7.05 Å². The predicted molar refractivity (Wildman–Crippen MR) is 109 cm³/mol. The Morgan fingerprint density at radius 3 is 2.50 bits per heavy atom. The molecule has 1 aliphatic rings. The van der Waals surface area contributed by atoms with E-state index in [2.05, 4.69) is 21.1 Å². The first-order valence-electron chi connectivity index (χ1n) is 9.34. The molecular weight excluding hydrogens is 376 g/mol. The van der Waals surface area contributed by atoms with Gasteiger partial charge in [0.15, 0.2) is 5.69 Å². The number of amides is 1. The number of halogens is 1. The number of nitriles is 1. The van der Waals surface area contributed by atoms with Gasteiger partial charge in [0, 0.05) is 38.9 Å². The van der Waals surface area contributed by atoms with Crippen molar-refractivity contribution in [2.45, 2.75) is 39.7 Å². The van der Waals surface area contributed by atoms with Gasteiger partial charge in [0.1, 0.15) is 11.9 Å². The maximum absolute atomic E-state index is 12.8. The lowest BCUT2D eigenvalue weighted by Crippen LogP contribution is -2.46. The van der Waals surface area contributed by atoms with Gasteiger partial charge in [0.2, 0.25) is 0 Å². The molecule has 1 aliphatic heterocycles. The number of rotatable bonds is 3. The second kappa shape index (κ2) is 7.80. The first kappa shape index (κ1) is 20.2. The summed E-state index contributed by atoms with van der Waals surface area (Å²) in [6.45, 7) is 7.09. The molecule has 0 spiro atoms. The number of carbonyl (C=O) groups is 1. The van der Waals surface area contributed by atoms with Gasteiger partial charge in [0.25, 0.3) is 5.91 Å². The Morgan fingerprint density at radius 1 is 1.32 bits per heavy atom.